The fourth-order valence-electron chi connectivity index (χ4n) is 2.26. The topological polar surface area (TPSA) is 30.0 Å². The Balaban J connectivity index is 2.43. The van der Waals surface area contributed by atoms with E-state index in [0.717, 1.165) is 17.1 Å². The normalized spacial score (nSPS) is 10.7. The molecule has 1 aromatic heterocycles. The Morgan fingerprint density at radius 1 is 0.950 bits per heavy atom. The van der Waals surface area contributed by atoms with Gasteiger partial charge < -0.3 is 0 Å². The number of carbonyl (C=O) groups excluding carboxylic acids is 1. The van der Waals surface area contributed by atoms with Crippen LogP contribution in [0.5, 0.6) is 0 Å². The minimum Gasteiger partial charge on any atom is -0.298 e. The van der Waals surface area contributed by atoms with Crippen molar-refractivity contribution in [1.82, 2.24) is 4.98 Å². The van der Waals surface area contributed by atoms with Crippen LogP contribution in [0.4, 0.5) is 0 Å². The van der Waals surface area contributed by atoms with Gasteiger partial charge in [-0.2, -0.15) is 0 Å². The molecular formula is C16H9Cl2NO. The maximum Gasteiger partial charge on any atom is 0.151 e. The zero-order valence-electron chi connectivity index (χ0n) is 10.3. The van der Waals surface area contributed by atoms with E-state index in [2.05, 4.69) is 4.98 Å². The van der Waals surface area contributed by atoms with Crippen molar-refractivity contribution >= 4 is 40.3 Å². The molecule has 3 rings (SSSR count). The number of fused-ring (bicyclic) bond motifs is 1. The molecule has 0 bridgehead atoms. The summed E-state index contributed by atoms with van der Waals surface area (Å²) in [5.74, 6) is 0. The number of hydrogen-bond acceptors (Lipinski definition) is 2. The molecule has 98 valence electrons. The lowest BCUT2D eigenvalue weighted by atomic mass is 9.97. The van der Waals surface area contributed by atoms with Gasteiger partial charge in [-0.3, -0.25) is 9.78 Å². The fraction of sp³-hybridized carbons (Fsp3) is 0. The Hall–Kier alpha value is -1.90. The third kappa shape index (κ3) is 2.07. The van der Waals surface area contributed by atoms with Crippen LogP contribution in [0.15, 0.2) is 48.7 Å². The van der Waals surface area contributed by atoms with Gasteiger partial charge in [0.25, 0.3) is 0 Å². The standard InChI is InChI=1S/C16H9Cl2NO/c17-14-6-3-7-19-16(14)12-8-15(18)11-5-2-1-4-10(11)13(12)9-20/h1-9H. The second kappa shape index (κ2) is 5.23. The smallest absolute Gasteiger partial charge is 0.151 e. The monoisotopic (exact) mass is 301 g/mol. The molecule has 0 radical (unpaired) electrons. The second-order valence-electron chi connectivity index (χ2n) is 4.32. The van der Waals surface area contributed by atoms with E-state index >= 15 is 0 Å². The van der Waals surface area contributed by atoms with Crippen molar-refractivity contribution in [2.45, 2.75) is 0 Å². The Morgan fingerprint density at radius 2 is 1.70 bits per heavy atom. The number of carbonyl (C=O) groups is 1. The van der Waals surface area contributed by atoms with Crippen LogP contribution in [0, 0.1) is 0 Å². The molecule has 3 aromatic rings. The number of hydrogen-bond donors (Lipinski definition) is 0. The number of benzene rings is 2. The number of halogens is 2. The summed E-state index contributed by atoms with van der Waals surface area (Å²) in [6.07, 6.45) is 2.46. The molecule has 2 aromatic carbocycles. The lowest BCUT2D eigenvalue weighted by molar-refractivity contribution is 0.112. The summed E-state index contributed by atoms with van der Waals surface area (Å²) < 4.78 is 0. The van der Waals surface area contributed by atoms with E-state index in [4.69, 9.17) is 23.2 Å². The summed E-state index contributed by atoms with van der Waals surface area (Å²) >= 11 is 12.5. The molecule has 20 heavy (non-hydrogen) atoms. The fourth-order valence-corrected chi connectivity index (χ4v) is 2.76. The molecule has 0 aliphatic rings. The van der Waals surface area contributed by atoms with Crippen molar-refractivity contribution in [2.75, 3.05) is 0 Å². The van der Waals surface area contributed by atoms with E-state index < -0.39 is 0 Å². The zero-order chi connectivity index (χ0) is 14.1. The molecule has 0 amide bonds. The molecular weight excluding hydrogens is 293 g/mol. The van der Waals surface area contributed by atoms with Crippen LogP contribution >= 0.6 is 23.2 Å². The van der Waals surface area contributed by atoms with Gasteiger partial charge >= 0.3 is 0 Å². The molecule has 0 atom stereocenters. The average molecular weight is 302 g/mol. The summed E-state index contributed by atoms with van der Waals surface area (Å²) in [5, 5.41) is 2.70. The maximum absolute atomic E-state index is 11.5. The predicted octanol–water partition coefficient (Wildman–Crippen LogP) is 5.02. The van der Waals surface area contributed by atoms with Gasteiger partial charge in [0, 0.05) is 27.7 Å². The molecule has 0 saturated carbocycles. The number of aldehydes is 1. The van der Waals surface area contributed by atoms with E-state index in [1.54, 1.807) is 24.4 Å². The highest BCUT2D eigenvalue weighted by atomic mass is 35.5. The zero-order valence-corrected chi connectivity index (χ0v) is 11.8. The van der Waals surface area contributed by atoms with Gasteiger partial charge in [-0.15, -0.1) is 0 Å². The van der Waals surface area contributed by atoms with Crippen molar-refractivity contribution in [3.63, 3.8) is 0 Å². The van der Waals surface area contributed by atoms with Crippen molar-refractivity contribution in [3.8, 4) is 11.3 Å². The summed E-state index contributed by atoms with van der Waals surface area (Å²) in [5.41, 5.74) is 1.75. The molecule has 2 nitrogen and oxygen atoms in total. The van der Waals surface area contributed by atoms with Crippen LogP contribution in [0.1, 0.15) is 10.4 Å². The third-order valence-electron chi connectivity index (χ3n) is 3.17. The first-order valence-corrected chi connectivity index (χ1v) is 6.75. The van der Waals surface area contributed by atoms with Crippen LogP contribution < -0.4 is 0 Å². The first-order valence-electron chi connectivity index (χ1n) is 5.99. The SMILES string of the molecule is O=Cc1c(-c2ncccc2Cl)cc(Cl)c2ccccc12. The van der Waals surface area contributed by atoms with Crippen LogP contribution in [0.25, 0.3) is 22.0 Å². The maximum atomic E-state index is 11.5. The second-order valence-corrected chi connectivity index (χ2v) is 5.13. The van der Waals surface area contributed by atoms with Crippen LogP contribution in [0.3, 0.4) is 0 Å². The minimum absolute atomic E-state index is 0.488. The first-order chi connectivity index (χ1) is 9.72. The summed E-state index contributed by atoms with van der Waals surface area (Å²) in [4.78, 5) is 15.8. The Labute approximate surface area is 126 Å². The first kappa shape index (κ1) is 13.1. The number of nitrogens with zero attached hydrogens (tertiary/aromatic N) is 1. The number of rotatable bonds is 2. The highest BCUT2D eigenvalue weighted by Crippen LogP contribution is 2.36. The summed E-state index contributed by atoms with van der Waals surface area (Å²) in [6, 6.07) is 12.7. The van der Waals surface area contributed by atoms with Crippen molar-refractivity contribution in [2.24, 2.45) is 0 Å². The summed E-state index contributed by atoms with van der Waals surface area (Å²) in [6.45, 7) is 0. The van der Waals surface area contributed by atoms with E-state index in [0.29, 0.717) is 26.9 Å². The summed E-state index contributed by atoms with van der Waals surface area (Å²) in [7, 11) is 0. The van der Waals surface area contributed by atoms with Gasteiger partial charge in [-0.25, -0.2) is 0 Å². The van der Waals surface area contributed by atoms with Crippen molar-refractivity contribution in [1.29, 1.82) is 0 Å². The largest absolute Gasteiger partial charge is 0.298 e. The molecule has 1 heterocycles. The molecule has 0 spiro atoms. The van der Waals surface area contributed by atoms with E-state index in [1.807, 2.05) is 24.3 Å². The molecule has 0 aliphatic heterocycles. The molecule has 0 unspecified atom stereocenters. The quantitative estimate of drug-likeness (QED) is 0.622. The molecule has 0 N–H and O–H groups in total. The molecule has 0 fully saturated rings. The lowest BCUT2D eigenvalue weighted by Crippen LogP contribution is -1.93. The van der Waals surface area contributed by atoms with Gasteiger partial charge in [0.05, 0.1) is 10.7 Å². The van der Waals surface area contributed by atoms with Gasteiger partial charge in [0.15, 0.2) is 6.29 Å². The third-order valence-corrected chi connectivity index (χ3v) is 3.78. The molecule has 0 saturated heterocycles. The van der Waals surface area contributed by atoms with E-state index in [-0.39, 0.29) is 0 Å². The van der Waals surface area contributed by atoms with Crippen LogP contribution in [-0.4, -0.2) is 11.3 Å². The van der Waals surface area contributed by atoms with Crippen LogP contribution in [0.2, 0.25) is 10.0 Å². The van der Waals surface area contributed by atoms with E-state index in [9.17, 15) is 4.79 Å². The highest BCUT2D eigenvalue weighted by Gasteiger charge is 2.15. The minimum atomic E-state index is 0.488. The molecule has 4 heteroatoms. The lowest BCUT2D eigenvalue weighted by Gasteiger charge is -2.11. The Morgan fingerprint density at radius 3 is 2.40 bits per heavy atom. The number of pyridine rings is 1. The molecule has 0 aliphatic carbocycles. The highest BCUT2D eigenvalue weighted by molar-refractivity contribution is 6.37. The van der Waals surface area contributed by atoms with E-state index in [1.165, 1.54) is 0 Å². The number of aromatic nitrogens is 1. The van der Waals surface area contributed by atoms with Crippen molar-refractivity contribution < 1.29 is 4.79 Å². The predicted molar refractivity (Wildman–Crippen MR) is 82.6 cm³/mol. The van der Waals surface area contributed by atoms with Gasteiger partial charge in [-0.05, 0) is 23.6 Å². The van der Waals surface area contributed by atoms with Crippen molar-refractivity contribution in [3.05, 3.63) is 64.3 Å². The average Bonchev–Trinajstić information content (AvgIpc) is 2.48. The van der Waals surface area contributed by atoms with Crippen LogP contribution in [-0.2, 0) is 0 Å². The van der Waals surface area contributed by atoms with Gasteiger partial charge in [-0.1, -0.05) is 47.5 Å². The van der Waals surface area contributed by atoms with Gasteiger partial charge in [0.2, 0.25) is 0 Å². The van der Waals surface area contributed by atoms with Gasteiger partial charge in [0.1, 0.15) is 0 Å². The Bertz CT molecular complexity index is 815. The Kier molecular flexibility index (Phi) is 3.43.